The van der Waals surface area contributed by atoms with E-state index < -0.39 is 15.9 Å². The van der Waals surface area contributed by atoms with Crippen molar-refractivity contribution in [1.82, 2.24) is 10.6 Å². The third-order valence-corrected chi connectivity index (χ3v) is 5.43. The molecule has 0 spiro atoms. The van der Waals surface area contributed by atoms with Gasteiger partial charge in [-0.05, 0) is 71.2 Å². The van der Waals surface area contributed by atoms with Crippen LogP contribution in [0.4, 0.5) is 5.69 Å². The standard InChI is InChI=1S/C16H11Cl5IN3OS/c17-11-5-4-10(7-12(11)18)23-15(27)25-14(16(19,20)21)24-13(26)8-2-1-3-9(22)6-8/h1-7,14H,(H,24,26)(H2,23,25,27)/t14-/m0/s1. The van der Waals surface area contributed by atoms with Crippen molar-refractivity contribution in [1.29, 1.82) is 0 Å². The van der Waals surface area contributed by atoms with Crippen molar-refractivity contribution < 1.29 is 4.79 Å². The highest BCUT2D eigenvalue weighted by molar-refractivity contribution is 14.1. The summed E-state index contributed by atoms with van der Waals surface area (Å²) in [5.41, 5.74) is 1.00. The summed E-state index contributed by atoms with van der Waals surface area (Å²) in [6.07, 6.45) is -1.09. The fourth-order valence-electron chi connectivity index (χ4n) is 1.92. The first-order valence-electron chi connectivity index (χ1n) is 7.22. The van der Waals surface area contributed by atoms with E-state index in [-0.39, 0.29) is 5.11 Å². The molecule has 0 radical (unpaired) electrons. The molecule has 0 saturated carbocycles. The van der Waals surface area contributed by atoms with Crippen LogP contribution in [0.15, 0.2) is 42.5 Å². The van der Waals surface area contributed by atoms with Crippen LogP contribution in [0.2, 0.25) is 10.0 Å². The first kappa shape index (κ1) is 23.1. The molecule has 0 aliphatic carbocycles. The van der Waals surface area contributed by atoms with Gasteiger partial charge in [0.1, 0.15) is 6.17 Å². The van der Waals surface area contributed by atoms with E-state index in [1.54, 1.807) is 36.4 Å². The third kappa shape index (κ3) is 7.27. The summed E-state index contributed by atoms with van der Waals surface area (Å²) in [7, 11) is 0. The van der Waals surface area contributed by atoms with Crippen LogP contribution < -0.4 is 16.0 Å². The van der Waals surface area contributed by atoms with Gasteiger partial charge in [0.25, 0.3) is 5.91 Å². The van der Waals surface area contributed by atoms with Crippen molar-refractivity contribution in [2.24, 2.45) is 0 Å². The molecule has 144 valence electrons. The van der Waals surface area contributed by atoms with Crippen molar-refractivity contribution in [3.05, 3.63) is 61.6 Å². The topological polar surface area (TPSA) is 53.2 Å². The molecule has 0 aliphatic rings. The molecule has 0 bridgehead atoms. The van der Waals surface area contributed by atoms with Gasteiger partial charge in [-0.3, -0.25) is 4.79 Å². The fraction of sp³-hybridized carbons (Fsp3) is 0.125. The summed E-state index contributed by atoms with van der Waals surface area (Å²) in [4.78, 5) is 12.4. The van der Waals surface area contributed by atoms with Gasteiger partial charge in [0.05, 0.1) is 10.0 Å². The maximum atomic E-state index is 12.4. The lowest BCUT2D eigenvalue weighted by Gasteiger charge is -2.27. The van der Waals surface area contributed by atoms with Gasteiger partial charge < -0.3 is 16.0 Å². The predicted molar refractivity (Wildman–Crippen MR) is 127 cm³/mol. The molecule has 0 aromatic heterocycles. The molecule has 0 fully saturated rings. The number of amides is 1. The Bertz CT molecular complexity index is 862. The molecule has 4 nitrogen and oxygen atoms in total. The highest BCUT2D eigenvalue weighted by atomic mass is 127. The number of alkyl halides is 3. The second-order valence-electron chi connectivity index (χ2n) is 5.19. The molecule has 0 saturated heterocycles. The van der Waals surface area contributed by atoms with E-state index in [0.29, 0.717) is 21.3 Å². The van der Waals surface area contributed by atoms with Gasteiger partial charge in [0.2, 0.25) is 3.79 Å². The number of nitrogens with one attached hydrogen (secondary N) is 3. The predicted octanol–water partition coefficient (Wildman–Crippen LogP) is 6.01. The number of anilines is 1. The Balaban J connectivity index is 2.08. The van der Waals surface area contributed by atoms with Crippen molar-refractivity contribution in [2.45, 2.75) is 9.96 Å². The number of hydrogen-bond acceptors (Lipinski definition) is 2. The zero-order valence-corrected chi connectivity index (χ0v) is 20.0. The fourth-order valence-corrected chi connectivity index (χ4v) is 3.32. The maximum Gasteiger partial charge on any atom is 0.253 e. The zero-order chi connectivity index (χ0) is 20.2. The molecule has 11 heteroatoms. The molecule has 3 N–H and O–H groups in total. The molecule has 0 heterocycles. The van der Waals surface area contributed by atoms with E-state index in [4.69, 9.17) is 70.2 Å². The quantitative estimate of drug-likeness (QED) is 0.175. The molecular weight excluding hydrogens is 586 g/mol. The molecule has 2 rings (SSSR count). The van der Waals surface area contributed by atoms with Crippen molar-refractivity contribution in [3.8, 4) is 0 Å². The van der Waals surface area contributed by atoms with E-state index in [1.165, 1.54) is 0 Å². The highest BCUT2D eigenvalue weighted by Gasteiger charge is 2.35. The lowest BCUT2D eigenvalue weighted by molar-refractivity contribution is 0.0934. The number of benzene rings is 2. The second-order valence-corrected chi connectivity index (χ2v) is 10.0. The average Bonchev–Trinajstić information content (AvgIpc) is 2.56. The number of halogens is 6. The lowest BCUT2D eigenvalue weighted by Crippen LogP contribution is -2.56. The van der Waals surface area contributed by atoms with Gasteiger partial charge in [-0.15, -0.1) is 0 Å². The summed E-state index contributed by atoms with van der Waals surface area (Å²) in [6, 6.07) is 11.9. The summed E-state index contributed by atoms with van der Waals surface area (Å²) in [5, 5.41) is 9.15. The average molecular weight is 598 g/mol. The van der Waals surface area contributed by atoms with Gasteiger partial charge in [-0.2, -0.15) is 0 Å². The van der Waals surface area contributed by atoms with Crippen LogP contribution in [0, 0.1) is 3.57 Å². The minimum Gasteiger partial charge on any atom is -0.339 e. The smallest absolute Gasteiger partial charge is 0.253 e. The van der Waals surface area contributed by atoms with Crippen LogP contribution in [-0.2, 0) is 0 Å². The third-order valence-electron chi connectivity index (χ3n) is 3.14. The van der Waals surface area contributed by atoms with Crippen LogP contribution in [-0.4, -0.2) is 21.0 Å². The molecule has 2 aromatic carbocycles. The zero-order valence-electron chi connectivity index (χ0n) is 13.2. The summed E-state index contributed by atoms with van der Waals surface area (Å²) in [5.74, 6) is -0.422. The Labute approximate surface area is 200 Å². The van der Waals surface area contributed by atoms with Crippen molar-refractivity contribution in [3.63, 3.8) is 0 Å². The summed E-state index contributed by atoms with van der Waals surface area (Å²) in [6.45, 7) is 0. The minimum atomic E-state index is -1.86. The largest absolute Gasteiger partial charge is 0.339 e. The van der Waals surface area contributed by atoms with Crippen LogP contribution in [0.25, 0.3) is 0 Å². The Kier molecular flexibility index (Phi) is 8.54. The van der Waals surface area contributed by atoms with Gasteiger partial charge >= 0.3 is 0 Å². The number of carbonyl (C=O) groups excluding carboxylic acids is 1. The number of carbonyl (C=O) groups is 1. The second kappa shape index (κ2) is 10.0. The maximum absolute atomic E-state index is 12.4. The molecule has 2 aromatic rings. The van der Waals surface area contributed by atoms with Crippen LogP contribution in [0.1, 0.15) is 10.4 Å². The summed E-state index contributed by atoms with van der Waals surface area (Å²) < 4.78 is -0.962. The normalized spacial score (nSPS) is 12.2. The van der Waals surface area contributed by atoms with Crippen LogP contribution in [0.5, 0.6) is 0 Å². The molecule has 0 aliphatic heterocycles. The van der Waals surface area contributed by atoms with E-state index >= 15 is 0 Å². The Morgan fingerprint density at radius 2 is 1.74 bits per heavy atom. The van der Waals surface area contributed by atoms with Gasteiger partial charge in [-0.1, -0.05) is 64.1 Å². The highest BCUT2D eigenvalue weighted by Crippen LogP contribution is 2.30. The Hall–Kier alpha value is -0.220. The minimum absolute atomic E-state index is 0.118. The molecular formula is C16H11Cl5IN3OS. The van der Waals surface area contributed by atoms with Crippen molar-refractivity contribution in [2.75, 3.05) is 5.32 Å². The molecule has 0 unspecified atom stereocenters. The SMILES string of the molecule is O=C(N[C@@H](NC(=S)Nc1ccc(Cl)c(Cl)c1)C(Cl)(Cl)Cl)c1cccc(I)c1. The first-order valence-corrected chi connectivity index (χ1v) is 10.6. The Morgan fingerprint density at radius 3 is 2.33 bits per heavy atom. The Morgan fingerprint density at radius 1 is 1.04 bits per heavy atom. The van der Waals surface area contributed by atoms with E-state index in [2.05, 4.69) is 38.5 Å². The lowest BCUT2D eigenvalue weighted by atomic mass is 10.2. The summed E-state index contributed by atoms with van der Waals surface area (Å²) >= 11 is 37.1. The van der Waals surface area contributed by atoms with Gasteiger partial charge in [-0.25, -0.2) is 0 Å². The molecule has 1 atom stereocenters. The van der Waals surface area contributed by atoms with Crippen LogP contribution in [0.3, 0.4) is 0 Å². The van der Waals surface area contributed by atoms with Crippen molar-refractivity contribution >= 4 is 110 Å². The van der Waals surface area contributed by atoms with Gasteiger partial charge in [0, 0.05) is 14.8 Å². The number of rotatable bonds is 4. The molecule has 27 heavy (non-hydrogen) atoms. The molecule has 1 amide bonds. The number of thiocarbonyl (C=S) groups is 1. The van der Waals surface area contributed by atoms with E-state index in [0.717, 1.165) is 3.57 Å². The van der Waals surface area contributed by atoms with Crippen LogP contribution >= 0.6 is 92.8 Å². The van der Waals surface area contributed by atoms with Gasteiger partial charge in [0.15, 0.2) is 5.11 Å². The van der Waals surface area contributed by atoms with E-state index in [1.807, 2.05) is 6.07 Å². The number of hydrogen-bond donors (Lipinski definition) is 3. The van der Waals surface area contributed by atoms with E-state index in [9.17, 15) is 4.79 Å². The first-order chi connectivity index (χ1) is 12.6. The monoisotopic (exact) mass is 595 g/mol.